The quantitative estimate of drug-likeness (QED) is 0.0782. The fraction of sp³-hybridized carbons (Fsp3) is 0.188. The van der Waals surface area contributed by atoms with Crippen LogP contribution >= 0.6 is 0 Å². The van der Waals surface area contributed by atoms with Crippen molar-refractivity contribution in [2.45, 2.75) is 38.7 Å². The average molecular weight is 608 g/mol. The smallest absolute Gasteiger partial charge is 0.416 e. The summed E-state index contributed by atoms with van der Waals surface area (Å²) in [6.07, 6.45) is -10.5. The highest BCUT2D eigenvalue weighted by Crippen LogP contribution is 2.36. The second kappa shape index (κ2) is 12.8. The van der Waals surface area contributed by atoms with Gasteiger partial charge in [-0.2, -0.15) is 26.3 Å². The van der Waals surface area contributed by atoms with Gasteiger partial charge in [0.15, 0.2) is 0 Å². The molecule has 0 aromatic heterocycles. The van der Waals surface area contributed by atoms with Crippen LogP contribution in [0.2, 0.25) is 0 Å². The molecule has 226 valence electrons. The van der Waals surface area contributed by atoms with E-state index in [-0.39, 0.29) is 26.3 Å². The van der Waals surface area contributed by atoms with Gasteiger partial charge in [0.25, 0.3) is 0 Å². The molecule has 0 fully saturated rings. The van der Waals surface area contributed by atoms with Crippen LogP contribution < -0.4 is 21.6 Å². The number of fused-ring (bicyclic) bond motifs is 2. The van der Waals surface area contributed by atoms with Crippen LogP contribution in [-0.2, 0) is 21.7 Å². The molecule has 2 atom stereocenters. The Morgan fingerprint density at radius 1 is 0.500 bits per heavy atom. The molecule has 0 radical (unpaired) electrons. The number of halogens is 6. The monoisotopic (exact) mass is 608 g/mol. The number of benzene rings is 5. The number of rotatable bonds is 10. The van der Waals surface area contributed by atoms with Crippen molar-refractivity contribution in [3.05, 3.63) is 108 Å². The summed E-state index contributed by atoms with van der Waals surface area (Å²) in [6.45, 7) is 3.29. The Hall–Kier alpha value is -4.15. The molecule has 0 aliphatic rings. The highest BCUT2D eigenvalue weighted by molar-refractivity contribution is 6.62. The normalized spacial score (nSPS) is 13.5. The predicted octanol–water partition coefficient (Wildman–Crippen LogP) is 6.93. The van der Waals surface area contributed by atoms with E-state index in [1.54, 1.807) is 13.8 Å². The van der Waals surface area contributed by atoms with E-state index < -0.39 is 35.9 Å². The van der Waals surface area contributed by atoms with Gasteiger partial charge in [-0.25, -0.2) is 0 Å². The van der Waals surface area contributed by atoms with Crippen LogP contribution in [0.25, 0.3) is 21.5 Å². The molecule has 12 heteroatoms. The van der Waals surface area contributed by atoms with E-state index in [9.17, 15) is 26.3 Å². The Bertz CT molecular complexity index is 1580. The van der Waals surface area contributed by atoms with Gasteiger partial charge >= 0.3 is 27.3 Å². The molecule has 2 N–H and O–H groups in total. The van der Waals surface area contributed by atoms with Crippen molar-refractivity contribution in [2.24, 2.45) is 0 Å². The lowest BCUT2D eigenvalue weighted by molar-refractivity contribution is -0.137. The maximum atomic E-state index is 13.5. The Kier molecular flexibility index (Phi) is 9.12. The van der Waals surface area contributed by atoms with Gasteiger partial charge in [-0.3, -0.25) is 0 Å². The molecule has 2 unspecified atom stereocenters. The van der Waals surface area contributed by atoms with Gasteiger partial charge in [0.1, 0.15) is 12.5 Å². The fourth-order valence-electron chi connectivity index (χ4n) is 5.27. The summed E-state index contributed by atoms with van der Waals surface area (Å²) in [5.41, 5.74) is -0.000743. The lowest BCUT2D eigenvalue weighted by Crippen LogP contribution is -2.33. The van der Waals surface area contributed by atoms with Gasteiger partial charge in [-0.15, -0.1) is 0 Å². The fourth-order valence-corrected chi connectivity index (χ4v) is 5.27. The molecule has 5 rings (SSSR count). The topological polar surface area (TPSA) is 42.5 Å². The number of hydrogen-bond donors (Lipinski definition) is 2. The minimum absolute atomic E-state index is 0.0738. The number of anilines is 2. The summed E-state index contributed by atoms with van der Waals surface area (Å²) in [5, 5.41) is 9.13. The number of hydrogen-bond acceptors (Lipinski definition) is 4. The second-order valence-corrected chi connectivity index (χ2v) is 10.3. The molecule has 5 aromatic rings. The van der Waals surface area contributed by atoms with Gasteiger partial charge in [0, 0.05) is 11.4 Å². The first-order chi connectivity index (χ1) is 20.9. The van der Waals surface area contributed by atoms with Crippen molar-refractivity contribution >= 4 is 58.8 Å². The highest BCUT2D eigenvalue weighted by atomic mass is 19.4. The van der Waals surface area contributed by atoms with Gasteiger partial charge in [0.2, 0.25) is 0 Å². The standard InChI is InChI=1S/C32H28B2F6N2O2/c1-19(41-27-17-9-7-15-25(27)31(35,36)37)43-33-29-21-11-3-5-13-23(21)30(24-14-6-4-12-22(24)29)34-44-20(2)42-28-18-10-8-16-26(28)32(38,39)40/h3-20,33-34,41-42H,1-2H3. The summed E-state index contributed by atoms with van der Waals surface area (Å²) in [7, 11) is 0.216. The third kappa shape index (κ3) is 6.97. The summed E-state index contributed by atoms with van der Waals surface area (Å²) >= 11 is 0. The molecule has 0 saturated heterocycles. The molecule has 0 heterocycles. The van der Waals surface area contributed by atoms with Crippen molar-refractivity contribution < 1.29 is 35.7 Å². The zero-order valence-electron chi connectivity index (χ0n) is 23.9. The first-order valence-electron chi connectivity index (χ1n) is 13.9. The van der Waals surface area contributed by atoms with Crippen molar-refractivity contribution in [2.75, 3.05) is 10.6 Å². The van der Waals surface area contributed by atoms with Crippen molar-refractivity contribution in [3.63, 3.8) is 0 Å². The van der Waals surface area contributed by atoms with Crippen LogP contribution in [-0.4, -0.2) is 27.4 Å². The lowest BCUT2D eigenvalue weighted by Gasteiger charge is -2.22. The van der Waals surface area contributed by atoms with Crippen LogP contribution in [0.5, 0.6) is 0 Å². The number of nitrogens with one attached hydrogen (secondary N) is 2. The maximum absolute atomic E-state index is 13.5. The van der Waals surface area contributed by atoms with E-state index in [2.05, 4.69) is 10.6 Å². The zero-order valence-corrected chi connectivity index (χ0v) is 23.9. The minimum atomic E-state index is -4.51. The largest absolute Gasteiger partial charge is 0.418 e. The van der Waals surface area contributed by atoms with Crippen LogP contribution in [0.3, 0.4) is 0 Å². The van der Waals surface area contributed by atoms with E-state index in [0.717, 1.165) is 44.6 Å². The van der Waals surface area contributed by atoms with E-state index in [1.807, 2.05) is 48.5 Å². The third-order valence-electron chi connectivity index (χ3n) is 7.29. The van der Waals surface area contributed by atoms with Crippen LogP contribution in [0.4, 0.5) is 37.7 Å². The first kappa shape index (κ1) is 31.3. The Morgan fingerprint density at radius 2 is 0.795 bits per heavy atom. The molecule has 0 bridgehead atoms. The summed E-state index contributed by atoms with van der Waals surface area (Å²) in [6, 6.07) is 25.7. The molecule has 4 nitrogen and oxygen atoms in total. The van der Waals surface area contributed by atoms with Crippen molar-refractivity contribution in [3.8, 4) is 0 Å². The van der Waals surface area contributed by atoms with Crippen LogP contribution in [0.15, 0.2) is 97.1 Å². The molecule has 0 saturated carbocycles. The first-order valence-corrected chi connectivity index (χ1v) is 13.9. The molecule has 0 amide bonds. The maximum Gasteiger partial charge on any atom is 0.418 e. The Labute approximate surface area is 251 Å². The molecule has 0 aliphatic heterocycles. The van der Waals surface area contributed by atoms with Gasteiger partial charge in [0.05, 0.1) is 11.1 Å². The summed E-state index contributed by atoms with van der Waals surface area (Å²) in [4.78, 5) is 0. The SMILES string of the molecule is CC(Nc1ccccc1C(F)(F)F)OBc1c2ccccc2c(BOC(C)Nc2ccccc2C(F)(F)F)c2ccccc12. The van der Waals surface area contributed by atoms with E-state index in [4.69, 9.17) is 9.31 Å². The lowest BCUT2D eigenvalue weighted by atomic mass is 9.72. The summed E-state index contributed by atoms with van der Waals surface area (Å²) in [5.74, 6) is 0. The second-order valence-electron chi connectivity index (χ2n) is 10.3. The van der Waals surface area contributed by atoms with E-state index in [0.29, 0.717) is 0 Å². The minimum Gasteiger partial charge on any atom is -0.416 e. The molecule has 0 aliphatic carbocycles. The Morgan fingerprint density at radius 3 is 1.11 bits per heavy atom. The van der Waals surface area contributed by atoms with Gasteiger partial charge in [-0.05, 0) is 70.6 Å². The molecular formula is C32H28B2F6N2O2. The van der Waals surface area contributed by atoms with Gasteiger partial charge < -0.3 is 19.9 Å². The van der Waals surface area contributed by atoms with E-state index >= 15 is 0 Å². The van der Waals surface area contributed by atoms with Gasteiger partial charge in [-0.1, -0.05) is 72.8 Å². The molecule has 5 aromatic carbocycles. The Balaban J connectivity index is 1.39. The highest BCUT2D eigenvalue weighted by Gasteiger charge is 2.34. The van der Waals surface area contributed by atoms with E-state index in [1.165, 1.54) is 36.4 Å². The third-order valence-corrected chi connectivity index (χ3v) is 7.29. The van der Waals surface area contributed by atoms with Crippen molar-refractivity contribution in [1.82, 2.24) is 0 Å². The number of para-hydroxylation sites is 2. The molecule has 0 spiro atoms. The molecule has 44 heavy (non-hydrogen) atoms. The summed E-state index contributed by atoms with van der Waals surface area (Å²) < 4.78 is 93.0. The van der Waals surface area contributed by atoms with Crippen molar-refractivity contribution in [1.29, 1.82) is 0 Å². The average Bonchev–Trinajstić information content (AvgIpc) is 2.98. The van der Waals surface area contributed by atoms with Crippen LogP contribution in [0.1, 0.15) is 25.0 Å². The number of alkyl halides is 6. The predicted molar refractivity (Wildman–Crippen MR) is 166 cm³/mol. The molecular weight excluding hydrogens is 580 g/mol. The zero-order chi connectivity index (χ0) is 31.5. The van der Waals surface area contributed by atoms with Crippen LogP contribution in [0, 0.1) is 0 Å².